The zero-order valence-electron chi connectivity index (χ0n) is 11.3. The lowest BCUT2D eigenvalue weighted by Crippen LogP contribution is -2.65. The van der Waals surface area contributed by atoms with Gasteiger partial charge in [0.15, 0.2) is 0 Å². The number of amides is 1. The van der Waals surface area contributed by atoms with Crippen LogP contribution in [0.4, 0.5) is 0 Å². The van der Waals surface area contributed by atoms with Crippen LogP contribution in [-0.2, 0) is 0 Å². The summed E-state index contributed by atoms with van der Waals surface area (Å²) in [5.41, 5.74) is 0.520. The molecule has 1 aromatic heterocycles. The average Bonchev–Trinajstić information content (AvgIpc) is 2.46. The first kappa shape index (κ1) is 12.5. The van der Waals surface area contributed by atoms with Crippen LogP contribution in [0.2, 0.25) is 0 Å². The summed E-state index contributed by atoms with van der Waals surface area (Å²) >= 11 is 0. The van der Waals surface area contributed by atoms with E-state index in [0.717, 1.165) is 38.8 Å². The van der Waals surface area contributed by atoms with Gasteiger partial charge in [-0.1, -0.05) is 0 Å². The van der Waals surface area contributed by atoms with Gasteiger partial charge in [-0.2, -0.15) is 0 Å². The number of piperidine rings is 2. The van der Waals surface area contributed by atoms with E-state index >= 15 is 0 Å². The molecule has 0 spiro atoms. The summed E-state index contributed by atoms with van der Waals surface area (Å²) in [6.07, 6.45) is 9.13. The smallest absolute Gasteiger partial charge is 0.274 e. The molecule has 1 amide bonds. The van der Waals surface area contributed by atoms with E-state index in [2.05, 4.69) is 22.2 Å². The highest BCUT2D eigenvalue weighted by atomic mass is 16.2. The van der Waals surface area contributed by atoms with Crippen LogP contribution in [0.5, 0.6) is 0 Å². The normalized spacial score (nSPS) is 30.8. The van der Waals surface area contributed by atoms with Gasteiger partial charge in [0, 0.05) is 30.5 Å². The van der Waals surface area contributed by atoms with Crippen molar-refractivity contribution in [3.05, 3.63) is 24.3 Å². The lowest BCUT2D eigenvalue weighted by molar-refractivity contribution is 0.0248. The van der Waals surface area contributed by atoms with E-state index in [4.69, 9.17) is 0 Å². The number of aromatic nitrogens is 2. The van der Waals surface area contributed by atoms with Crippen LogP contribution in [0, 0.1) is 0 Å². The molecule has 19 heavy (non-hydrogen) atoms. The second-order valence-corrected chi connectivity index (χ2v) is 5.70. The zero-order valence-corrected chi connectivity index (χ0v) is 11.3. The predicted molar refractivity (Wildman–Crippen MR) is 71.7 cm³/mol. The van der Waals surface area contributed by atoms with E-state index in [9.17, 15) is 4.79 Å². The Labute approximate surface area is 113 Å². The molecule has 1 aromatic rings. The molecule has 3 rings (SSSR count). The van der Waals surface area contributed by atoms with Gasteiger partial charge in [0.1, 0.15) is 5.69 Å². The third-order valence-electron chi connectivity index (χ3n) is 4.43. The Morgan fingerprint density at radius 1 is 1.47 bits per heavy atom. The van der Waals surface area contributed by atoms with Crippen LogP contribution in [0.15, 0.2) is 18.6 Å². The van der Waals surface area contributed by atoms with Crippen LogP contribution >= 0.6 is 0 Å². The molecular weight excluding hydrogens is 240 g/mol. The molecule has 0 bridgehead atoms. The van der Waals surface area contributed by atoms with Gasteiger partial charge in [-0.05, 0) is 39.2 Å². The molecule has 2 aliphatic heterocycles. The number of carbonyl (C=O) groups is 1. The summed E-state index contributed by atoms with van der Waals surface area (Å²) in [6.45, 7) is 4.13. The molecule has 1 N–H and O–H groups in total. The maximum absolute atomic E-state index is 12.6. The van der Waals surface area contributed by atoms with Gasteiger partial charge < -0.3 is 10.2 Å². The predicted octanol–water partition coefficient (Wildman–Crippen LogP) is 1.22. The maximum atomic E-state index is 12.6. The fourth-order valence-corrected chi connectivity index (χ4v) is 3.43. The van der Waals surface area contributed by atoms with Gasteiger partial charge in [0.25, 0.3) is 5.91 Å². The third-order valence-corrected chi connectivity index (χ3v) is 4.43. The van der Waals surface area contributed by atoms with E-state index in [0.29, 0.717) is 5.69 Å². The lowest BCUT2D eigenvalue weighted by Gasteiger charge is -2.51. The molecule has 2 fully saturated rings. The standard InChI is InChI=1S/C14H20N4O/c1-14-5-3-9-18(12(14)4-2-6-17-14)13(19)11-10-15-7-8-16-11/h7-8,10,12,17H,2-6,9H2,1H3/t12-,14+/m1/s1. The van der Waals surface area contributed by atoms with Gasteiger partial charge in [-0.3, -0.25) is 9.78 Å². The number of nitrogens with zero attached hydrogens (tertiary/aromatic N) is 3. The number of rotatable bonds is 1. The van der Waals surface area contributed by atoms with Crippen molar-refractivity contribution in [2.75, 3.05) is 13.1 Å². The number of fused-ring (bicyclic) bond motifs is 1. The minimum Gasteiger partial charge on any atom is -0.332 e. The summed E-state index contributed by atoms with van der Waals surface area (Å²) in [7, 11) is 0. The van der Waals surface area contributed by atoms with Crippen molar-refractivity contribution in [1.82, 2.24) is 20.2 Å². The molecule has 5 nitrogen and oxygen atoms in total. The number of carbonyl (C=O) groups excluding carboxylic acids is 1. The zero-order chi connectivity index (χ0) is 13.3. The van der Waals surface area contributed by atoms with Crippen molar-refractivity contribution in [3.63, 3.8) is 0 Å². The van der Waals surface area contributed by atoms with Gasteiger partial charge in [-0.15, -0.1) is 0 Å². The summed E-state index contributed by atoms with van der Waals surface area (Å²) in [5, 5.41) is 3.60. The SMILES string of the molecule is C[C@]12CCCN(C(=O)c3cnccn3)[C@@H]1CCCN2. The van der Waals surface area contributed by atoms with E-state index in [1.807, 2.05) is 4.90 Å². The second-order valence-electron chi connectivity index (χ2n) is 5.70. The minimum absolute atomic E-state index is 0.0210. The van der Waals surface area contributed by atoms with E-state index < -0.39 is 0 Å². The molecule has 2 saturated heterocycles. The fourth-order valence-electron chi connectivity index (χ4n) is 3.43. The highest BCUT2D eigenvalue weighted by Gasteiger charge is 2.44. The minimum atomic E-state index is 0.0210. The van der Waals surface area contributed by atoms with E-state index in [-0.39, 0.29) is 17.5 Å². The molecule has 0 unspecified atom stereocenters. The van der Waals surface area contributed by atoms with Crippen molar-refractivity contribution in [2.45, 2.75) is 44.2 Å². The van der Waals surface area contributed by atoms with Crippen LogP contribution < -0.4 is 5.32 Å². The number of nitrogens with one attached hydrogen (secondary N) is 1. The third kappa shape index (κ3) is 2.23. The van der Waals surface area contributed by atoms with Gasteiger partial charge in [-0.25, -0.2) is 4.98 Å². The fraction of sp³-hybridized carbons (Fsp3) is 0.643. The summed E-state index contributed by atoms with van der Waals surface area (Å²) < 4.78 is 0. The molecule has 0 aliphatic carbocycles. The van der Waals surface area contributed by atoms with Crippen molar-refractivity contribution >= 4 is 5.91 Å². The Hall–Kier alpha value is -1.49. The van der Waals surface area contributed by atoms with Crippen LogP contribution in [0.3, 0.4) is 0 Å². The first-order valence-electron chi connectivity index (χ1n) is 7.03. The maximum Gasteiger partial charge on any atom is 0.274 e. The monoisotopic (exact) mass is 260 g/mol. The van der Waals surface area contributed by atoms with E-state index in [1.54, 1.807) is 18.6 Å². The van der Waals surface area contributed by atoms with Crippen molar-refractivity contribution in [1.29, 1.82) is 0 Å². The summed E-state index contributed by atoms with van der Waals surface area (Å²) in [4.78, 5) is 22.7. The van der Waals surface area contributed by atoms with E-state index in [1.165, 1.54) is 0 Å². The van der Waals surface area contributed by atoms with Crippen LogP contribution in [-0.4, -0.2) is 45.4 Å². The molecular formula is C14H20N4O. The summed E-state index contributed by atoms with van der Waals surface area (Å²) in [6, 6.07) is 0.282. The van der Waals surface area contributed by atoms with Gasteiger partial charge in [0.05, 0.1) is 6.20 Å². The molecule has 5 heteroatoms. The topological polar surface area (TPSA) is 58.1 Å². The molecule has 3 heterocycles. The largest absolute Gasteiger partial charge is 0.332 e. The molecule has 2 atom stereocenters. The highest BCUT2D eigenvalue weighted by Crippen LogP contribution is 2.33. The number of hydrogen-bond donors (Lipinski definition) is 1. The first-order chi connectivity index (χ1) is 9.21. The van der Waals surface area contributed by atoms with Gasteiger partial charge >= 0.3 is 0 Å². The van der Waals surface area contributed by atoms with Crippen molar-refractivity contribution in [2.24, 2.45) is 0 Å². The van der Waals surface area contributed by atoms with Crippen molar-refractivity contribution < 1.29 is 4.79 Å². The molecule has 0 saturated carbocycles. The Balaban J connectivity index is 1.85. The quantitative estimate of drug-likeness (QED) is 0.825. The molecule has 0 aromatic carbocycles. The Morgan fingerprint density at radius 2 is 2.37 bits per heavy atom. The Bertz CT molecular complexity index is 460. The molecule has 102 valence electrons. The second kappa shape index (κ2) is 4.89. The number of likely N-dealkylation sites (tertiary alicyclic amines) is 1. The van der Waals surface area contributed by atoms with Crippen molar-refractivity contribution in [3.8, 4) is 0 Å². The highest BCUT2D eigenvalue weighted by molar-refractivity contribution is 5.92. The molecule has 0 radical (unpaired) electrons. The van der Waals surface area contributed by atoms with Crippen LogP contribution in [0.1, 0.15) is 43.1 Å². The molecule has 2 aliphatic rings. The number of hydrogen-bond acceptors (Lipinski definition) is 4. The Morgan fingerprint density at radius 3 is 3.16 bits per heavy atom. The van der Waals surface area contributed by atoms with Crippen LogP contribution in [0.25, 0.3) is 0 Å². The van der Waals surface area contributed by atoms with Gasteiger partial charge in [0.2, 0.25) is 0 Å². The lowest BCUT2D eigenvalue weighted by atomic mass is 9.78. The Kier molecular flexibility index (Phi) is 3.22. The summed E-state index contributed by atoms with van der Waals surface area (Å²) in [5.74, 6) is 0.0210. The first-order valence-corrected chi connectivity index (χ1v) is 7.03. The average molecular weight is 260 g/mol.